The van der Waals surface area contributed by atoms with Crippen LogP contribution in [0.3, 0.4) is 0 Å². The van der Waals surface area contributed by atoms with E-state index in [4.69, 9.17) is 22.7 Å². The van der Waals surface area contributed by atoms with Crippen LogP contribution in [-0.2, 0) is 4.74 Å². The second-order valence-corrected chi connectivity index (χ2v) is 6.66. The second kappa shape index (κ2) is 7.12. The molecule has 0 aliphatic heterocycles. The molecule has 5 heteroatoms. The molecule has 0 radical (unpaired) electrons. The van der Waals surface area contributed by atoms with E-state index >= 15 is 0 Å². The van der Waals surface area contributed by atoms with Crippen LogP contribution < -0.4 is 11.1 Å². The lowest BCUT2D eigenvalue weighted by Crippen LogP contribution is -2.36. The van der Waals surface area contributed by atoms with Crippen LogP contribution in [0, 0.1) is 0 Å². The van der Waals surface area contributed by atoms with Gasteiger partial charge in [-0.25, -0.2) is 0 Å². The minimum absolute atomic E-state index is 0.177. The molecule has 1 aromatic rings. The lowest BCUT2D eigenvalue weighted by molar-refractivity contribution is 0.158. The maximum Gasteiger partial charge on any atom is 0.107 e. The minimum Gasteiger partial charge on any atom is -0.389 e. The van der Waals surface area contributed by atoms with Crippen molar-refractivity contribution in [3.8, 4) is 0 Å². The van der Waals surface area contributed by atoms with E-state index in [1.165, 1.54) is 0 Å². The first-order chi connectivity index (χ1) is 8.91. The molecule has 0 aliphatic carbocycles. The molecule has 106 valence electrons. The first-order valence-electron chi connectivity index (χ1n) is 6.24. The van der Waals surface area contributed by atoms with Crippen molar-refractivity contribution in [3.63, 3.8) is 0 Å². The number of nitrogens with two attached hydrogens (primary N) is 1. The molecule has 1 rings (SSSR count). The van der Waals surface area contributed by atoms with Crippen LogP contribution in [0.5, 0.6) is 0 Å². The number of thioether (sulfide) groups is 1. The van der Waals surface area contributed by atoms with E-state index < -0.39 is 0 Å². The maximum atomic E-state index is 5.89. The monoisotopic (exact) mass is 298 g/mol. The highest BCUT2D eigenvalue weighted by atomic mass is 32.2. The van der Waals surface area contributed by atoms with Gasteiger partial charge in [0.25, 0.3) is 0 Å². The van der Waals surface area contributed by atoms with E-state index in [9.17, 15) is 0 Å². The van der Waals surface area contributed by atoms with Crippen LogP contribution in [0.15, 0.2) is 23.1 Å². The summed E-state index contributed by atoms with van der Waals surface area (Å²) >= 11 is 6.94. The first kappa shape index (κ1) is 16.3. The SMILES string of the molecule is CCSc1cccc(NC(C)(C)COC)c1C(N)=S. The zero-order valence-corrected chi connectivity index (χ0v) is 13.6. The molecule has 0 fully saturated rings. The van der Waals surface area contributed by atoms with Gasteiger partial charge in [0.2, 0.25) is 0 Å². The molecule has 3 nitrogen and oxygen atoms in total. The quantitative estimate of drug-likeness (QED) is 0.597. The van der Waals surface area contributed by atoms with Crippen LogP contribution in [0.25, 0.3) is 0 Å². The summed E-state index contributed by atoms with van der Waals surface area (Å²) in [6, 6.07) is 6.08. The standard InChI is InChI=1S/C14H22N2OS2/c1-5-19-11-8-6-7-10(12(11)13(15)18)16-14(2,3)9-17-4/h6-8,16H,5,9H2,1-4H3,(H2,15,18). The van der Waals surface area contributed by atoms with Gasteiger partial charge in [0, 0.05) is 23.3 Å². The fourth-order valence-corrected chi connectivity index (χ4v) is 3.06. The van der Waals surface area contributed by atoms with Crippen molar-refractivity contribution in [2.45, 2.75) is 31.2 Å². The van der Waals surface area contributed by atoms with Gasteiger partial charge in [-0.15, -0.1) is 11.8 Å². The fourth-order valence-electron chi connectivity index (χ4n) is 1.93. The van der Waals surface area contributed by atoms with Gasteiger partial charge in [-0.2, -0.15) is 0 Å². The highest BCUT2D eigenvalue weighted by Gasteiger charge is 2.20. The van der Waals surface area contributed by atoms with Crippen LogP contribution in [0.1, 0.15) is 26.3 Å². The topological polar surface area (TPSA) is 47.3 Å². The Balaban J connectivity index is 3.13. The Morgan fingerprint density at radius 2 is 2.16 bits per heavy atom. The summed E-state index contributed by atoms with van der Waals surface area (Å²) in [4.78, 5) is 1.54. The lowest BCUT2D eigenvalue weighted by Gasteiger charge is -2.28. The molecule has 0 amide bonds. The Bertz CT molecular complexity index is 447. The van der Waals surface area contributed by atoms with Gasteiger partial charge in [0.1, 0.15) is 4.99 Å². The third-order valence-corrected chi connectivity index (χ3v) is 3.69. The molecule has 0 saturated carbocycles. The molecule has 0 spiro atoms. The predicted molar refractivity (Wildman–Crippen MR) is 88.3 cm³/mol. The summed E-state index contributed by atoms with van der Waals surface area (Å²) < 4.78 is 5.23. The summed E-state index contributed by atoms with van der Waals surface area (Å²) in [5.41, 5.74) is 7.60. The predicted octanol–water partition coefficient (Wildman–Crippen LogP) is 3.27. The summed E-state index contributed by atoms with van der Waals surface area (Å²) in [6.45, 7) is 6.89. The summed E-state index contributed by atoms with van der Waals surface area (Å²) in [5.74, 6) is 0.987. The molecule has 0 aromatic heterocycles. The summed E-state index contributed by atoms with van der Waals surface area (Å²) in [5, 5.41) is 3.46. The minimum atomic E-state index is -0.177. The van der Waals surface area contributed by atoms with Gasteiger partial charge in [0.15, 0.2) is 0 Å². The van der Waals surface area contributed by atoms with E-state index in [1.807, 2.05) is 12.1 Å². The van der Waals surface area contributed by atoms with E-state index in [-0.39, 0.29) is 5.54 Å². The Labute approximate surface area is 125 Å². The van der Waals surface area contributed by atoms with Gasteiger partial charge < -0.3 is 15.8 Å². The zero-order valence-electron chi connectivity index (χ0n) is 11.9. The van der Waals surface area contributed by atoms with Crippen LogP contribution in [-0.4, -0.2) is 30.0 Å². The average molecular weight is 298 g/mol. The molecule has 3 N–H and O–H groups in total. The molecule has 0 bridgehead atoms. The first-order valence-corrected chi connectivity index (χ1v) is 7.63. The smallest absolute Gasteiger partial charge is 0.107 e. The molecule has 19 heavy (non-hydrogen) atoms. The van der Waals surface area contributed by atoms with Gasteiger partial charge in [-0.3, -0.25) is 0 Å². The Morgan fingerprint density at radius 1 is 1.47 bits per heavy atom. The van der Waals surface area contributed by atoms with E-state index in [1.54, 1.807) is 18.9 Å². The average Bonchev–Trinajstić information content (AvgIpc) is 2.28. The van der Waals surface area contributed by atoms with Crippen molar-refractivity contribution in [2.24, 2.45) is 5.73 Å². The molecule has 0 heterocycles. The zero-order chi connectivity index (χ0) is 14.5. The van der Waals surface area contributed by atoms with Crippen molar-refractivity contribution in [2.75, 3.05) is 24.8 Å². The summed E-state index contributed by atoms with van der Waals surface area (Å²) in [7, 11) is 1.70. The van der Waals surface area contributed by atoms with Crippen LogP contribution in [0.4, 0.5) is 5.69 Å². The van der Waals surface area contributed by atoms with E-state index in [0.29, 0.717) is 11.6 Å². The number of methoxy groups -OCH3 is 1. The lowest BCUT2D eigenvalue weighted by atomic mass is 10.0. The maximum absolute atomic E-state index is 5.89. The number of benzene rings is 1. The van der Waals surface area contributed by atoms with Gasteiger partial charge in [-0.1, -0.05) is 25.2 Å². The van der Waals surface area contributed by atoms with Crippen molar-refractivity contribution in [1.82, 2.24) is 0 Å². The van der Waals surface area contributed by atoms with Crippen molar-refractivity contribution < 1.29 is 4.74 Å². The highest BCUT2D eigenvalue weighted by Crippen LogP contribution is 2.30. The Morgan fingerprint density at radius 3 is 2.68 bits per heavy atom. The Kier molecular flexibility index (Phi) is 6.10. The number of hydrogen-bond acceptors (Lipinski definition) is 4. The normalized spacial score (nSPS) is 11.4. The highest BCUT2D eigenvalue weighted by molar-refractivity contribution is 7.99. The number of anilines is 1. The second-order valence-electron chi connectivity index (χ2n) is 4.92. The van der Waals surface area contributed by atoms with Crippen molar-refractivity contribution in [3.05, 3.63) is 23.8 Å². The van der Waals surface area contributed by atoms with Gasteiger partial charge in [0.05, 0.1) is 12.1 Å². The molecule has 0 unspecified atom stereocenters. The van der Waals surface area contributed by atoms with E-state index in [0.717, 1.165) is 21.9 Å². The molecule has 0 atom stereocenters. The summed E-state index contributed by atoms with van der Waals surface area (Å²) in [6.07, 6.45) is 0. The molecule has 0 aliphatic rings. The fraction of sp³-hybridized carbons (Fsp3) is 0.500. The van der Waals surface area contributed by atoms with Gasteiger partial charge >= 0.3 is 0 Å². The molecular formula is C14H22N2OS2. The van der Waals surface area contributed by atoms with Crippen LogP contribution >= 0.6 is 24.0 Å². The van der Waals surface area contributed by atoms with Crippen molar-refractivity contribution in [1.29, 1.82) is 0 Å². The van der Waals surface area contributed by atoms with E-state index in [2.05, 4.69) is 32.2 Å². The third-order valence-electron chi connectivity index (χ3n) is 2.55. The molecular weight excluding hydrogens is 276 g/mol. The largest absolute Gasteiger partial charge is 0.389 e. The number of ether oxygens (including phenoxy) is 1. The molecule has 0 saturated heterocycles. The van der Waals surface area contributed by atoms with Gasteiger partial charge in [-0.05, 0) is 31.7 Å². The van der Waals surface area contributed by atoms with Crippen LogP contribution in [0.2, 0.25) is 0 Å². The number of rotatable bonds is 7. The number of hydrogen-bond donors (Lipinski definition) is 2. The number of thiocarbonyl (C=S) groups is 1. The number of nitrogens with one attached hydrogen (secondary N) is 1. The molecule has 1 aromatic carbocycles. The van der Waals surface area contributed by atoms with Crippen molar-refractivity contribution >= 4 is 34.7 Å². The Hall–Kier alpha value is -0.780. The third kappa shape index (κ3) is 4.67.